The highest BCUT2D eigenvalue weighted by atomic mass is 15.0. The Labute approximate surface area is 110 Å². The van der Waals surface area contributed by atoms with Gasteiger partial charge in [0.1, 0.15) is 5.82 Å². The smallest absolute Gasteiger partial charge is 0.222 e. The van der Waals surface area contributed by atoms with E-state index in [1.165, 1.54) is 0 Å². The number of hydrogen-bond donors (Lipinski definition) is 2. The summed E-state index contributed by atoms with van der Waals surface area (Å²) in [6, 6.07) is 13.7. The summed E-state index contributed by atoms with van der Waals surface area (Å²) in [5.74, 6) is 0.569. The van der Waals surface area contributed by atoms with E-state index in [2.05, 4.69) is 15.0 Å². The molecule has 4 N–H and O–H groups in total. The van der Waals surface area contributed by atoms with Gasteiger partial charge in [0.2, 0.25) is 5.95 Å². The second kappa shape index (κ2) is 4.53. The van der Waals surface area contributed by atoms with Crippen molar-refractivity contribution in [3.8, 4) is 0 Å². The fourth-order valence-electron chi connectivity index (χ4n) is 2.02. The summed E-state index contributed by atoms with van der Waals surface area (Å²) in [6.07, 6.45) is 0.585. The second-order valence-corrected chi connectivity index (χ2v) is 4.31. The van der Waals surface area contributed by atoms with Crippen molar-refractivity contribution in [2.75, 3.05) is 11.5 Å². The van der Waals surface area contributed by atoms with Gasteiger partial charge in [0.15, 0.2) is 0 Å². The zero-order valence-corrected chi connectivity index (χ0v) is 10.2. The summed E-state index contributed by atoms with van der Waals surface area (Å²) >= 11 is 0. The van der Waals surface area contributed by atoms with Gasteiger partial charge in [0.05, 0.1) is 11.2 Å². The normalized spacial score (nSPS) is 10.7. The van der Waals surface area contributed by atoms with Crippen LogP contribution in [0.25, 0.3) is 10.9 Å². The summed E-state index contributed by atoms with van der Waals surface area (Å²) in [5.41, 5.74) is 13.9. The zero-order chi connectivity index (χ0) is 13.2. The van der Waals surface area contributed by atoms with E-state index in [0.29, 0.717) is 12.2 Å². The highest BCUT2D eigenvalue weighted by molar-refractivity contribution is 5.78. The number of benzene rings is 1. The second-order valence-electron chi connectivity index (χ2n) is 4.31. The number of anilines is 2. The molecule has 0 aliphatic heterocycles. The predicted octanol–water partition coefficient (Wildman–Crippen LogP) is 1.78. The molecule has 2 aromatic heterocycles. The van der Waals surface area contributed by atoms with E-state index in [-0.39, 0.29) is 5.95 Å². The van der Waals surface area contributed by atoms with E-state index in [4.69, 9.17) is 11.5 Å². The minimum atomic E-state index is 0.191. The number of hydrogen-bond acceptors (Lipinski definition) is 5. The first kappa shape index (κ1) is 11.4. The average molecular weight is 251 g/mol. The molecule has 0 saturated carbocycles. The number of pyridine rings is 1. The molecular formula is C14H13N5. The van der Waals surface area contributed by atoms with Gasteiger partial charge >= 0.3 is 0 Å². The maximum absolute atomic E-state index is 5.65. The Kier molecular flexibility index (Phi) is 2.72. The van der Waals surface area contributed by atoms with Gasteiger partial charge in [-0.2, -0.15) is 4.98 Å². The van der Waals surface area contributed by atoms with Crippen LogP contribution in [0.15, 0.2) is 42.5 Å². The van der Waals surface area contributed by atoms with Crippen molar-refractivity contribution in [2.24, 2.45) is 0 Å². The molecule has 0 bridgehead atoms. The Morgan fingerprint density at radius 2 is 1.68 bits per heavy atom. The van der Waals surface area contributed by atoms with Crippen LogP contribution in [-0.2, 0) is 6.42 Å². The zero-order valence-electron chi connectivity index (χ0n) is 10.2. The molecule has 0 amide bonds. The highest BCUT2D eigenvalue weighted by Crippen LogP contribution is 2.14. The summed E-state index contributed by atoms with van der Waals surface area (Å²) in [5, 5.41) is 1.12. The molecule has 5 nitrogen and oxygen atoms in total. The van der Waals surface area contributed by atoms with Crippen molar-refractivity contribution in [3.63, 3.8) is 0 Å². The van der Waals surface area contributed by atoms with Gasteiger partial charge in [-0.25, -0.2) is 4.98 Å². The van der Waals surface area contributed by atoms with Crippen molar-refractivity contribution in [3.05, 3.63) is 53.9 Å². The molecule has 0 aliphatic rings. The van der Waals surface area contributed by atoms with Crippen LogP contribution < -0.4 is 11.5 Å². The molecule has 0 saturated heterocycles. The van der Waals surface area contributed by atoms with Crippen LogP contribution in [0, 0.1) is 0 Å². The number of rotatable bonds is 2. The largest absolute Gasteiger partial charge is 0.384 e. The first-order chi connectivity index (χ1) is 9.20. The topological polar surface area (TPSA) is 90.7 Å². The lowest BCUT2D eigenvalue weighted by Gasteiger charge is -2.04. The lowest BCUT2D eigenvalue weighted by molar-refractivity contribution is 1.01. The molecule has 0 unspecified atom stereocenters. The summed E-state index contributed by atoms with van der Waals surface area (Å²) in [4.78, 5) is 12.6. The Morgan fingerprint density at radius 3 is 2.53 bits per heavy atom. The molecule has 0 fully saturated rings. The van der Waals surface area contributed by atoms with Gasteiger partial charge in [0.25, 0.3) is 0 Å². The van der Waals surface area contributed by atoms with E-state index >= 15 is 0 Å². The van der Waals surface area contributed by atoms with Crippen molar-refractivity contribution in [2.45, 2.75) is 6.42 Å². The van der Waals surface area contributed by atoms with Gasteiger partial charge in [0, 0.05) is 23.6 Å². The van der Waals surface area contributed by atoms with Gasteiger partial charge in [-0.05, 0) is 12.1 Å². The standard InChI is InChI=1S/C14H13N5/c15-13-8-11(18-14(16)19-13)7-10-6-5-9-3-1-2-4-12(9)17-10/h1-6,8H,7H2,(H4,15,16,18,19). The van der Waals surface area contributed by atoms with Crippen molar-refractivity contribution in [1.82, 2.24) is 15.0 Å². The van der Waals surface area contributed by atoms with Crippen LogP contribution in [0.3, 0.4) is 0 Å². The lowest BCUT2D eigenvalue weighted by atomic mass is 10.1. The lowest BCUT2D eigenvalue weighted by Crippen LogP contribution is -2.04. The molecule has 0 atom stereocenters. The third-order valence-electron chi connectivity index (χ3n) is 2.83. The molecule has 19 heavy (non-hydrogen) atoms. The van der Waals surface area contributed by atoms with Gasteiger partial charge in [-0.15, -0.1) is 0 Å². The minimum Gasteiger partial charge on any atom is -0.384 e. The summed E-state index contributed by atoms with van der Waals surface area (Å²) < 4.78 is 0. The molecule has 3 rings (SSSR count). The number of fused-ring (bicyclic) bond motifs is 1. The third kappa shape index (κ3) is 2.44. The Bertz CT molecular complexity index is 718. The van der Waals surface area contributed by atoms with Crippen molar-refractivity contribution >= 4 is 22.7 Å². The van der Waals surface area contributed by atoms with E-state index in [0.717, 1.165) is 22.3 Å². The van der Waals surface area contributed by atoms with Crippen molar-refractivity contribution in [1.29, 1.82) is 0 Å². The first-order valence-electron chi connectivity index (χ1n) is 5.94. The quantitative estimate of drug-likeness (QED) is 0.724. The SMILES string of the molecule is Nc1cc(Cc2ccc3ccccc3n2)nc(N)n1. The third-order valence-corrected chi connectivity index (χ3v) is 2.83. The summed E-state index contributed by atoms with van der Waals surface area (Å²) in [7, 11) is 0. The van der Waals surface area contributed by atoms with Gasteiger partial charge < -0.3 is 11.5 Å². The van der Waals surface area contributed by atoms with E-state index in [1.54, 1.807) is 6.07 Å². The van der Waals surface area contributed by atoms with Crippen LogP contribution in [0.1, 0.15) is 11.4 Å². The van der Waals surface area contributed by atoms with Gasteiger partial charge in [-0.1, -0.05) is 24.3 Å². The number of para-hydroxylation sites is 1. The monoisotopic (exact) mass is 251 g/mol. The Morgan fingerprint density at radius 1 is 0.842 bits per heavy atom. The number of aromatic nitrogens is 3. The fourth-order valence-corrected chi connectivity index (χ4v) is 2.02. The molecule has 3 aromatic rings. The number of nitrogen functional groups attached to an aromatic ring is 2. The Balaban J connectivity index is 1.96. The van der Waals surface area contributed by atoms with Crippen LogP contribution >= 0.6 is 0 Å². The van der Waals surface area contributed by atoms with E-state index in [9.17, 15) is 0 Å². The van der Waals surface area contributed by atoms with Crippen LogP contribution in [-0.4, -0.2) is 15.0 Å². The molecule has 0 radical (unpaired) electrons. The molecule has 5 heteroatoms. The van der Waals surface area contributed by atoms with Crippen LogP contribution in [0.5, 0.6) is 0 Å². The van der Waals surface area contributed by atoms with Gasteiger partial charge in [-0.3, -0.25) is 4.98 Å². The maximum atomic E-state index is 5.65. The van der Waals surface area contributed by atoms with Crippen LogP contribution in [0.4, 0.5) is 11.8 Å². The maximum Gasteiger partial charge on any atom is 0.222 e. The predicted molar refractivity (Wildman–Crippen MR) is 75.4 cm³/mol. The first-order valence-corrected chi connectivity index (χ1v) is 5.94. The number of nitrogens with zero attached hydrogens (tertiary/aromatic N) is 3. The Hall–Kier alpha value is -2.69. The minimum absolute atomic E-state index is 0.191. The molecule has 0 spiro atoms. The fraction of sp³-hybridized carbons (Fsp3) is 0.0714. The molecule has 1 aromatic carbocycles. The van der Waals surface area contributed by atoms with Crippen molar-refractivity contribution < 1.29 is 0 Å². The molecule has 0 aliphatic carbocycles. The molecule has 94 valence electrons. The number of nitrogens with two attached hydrogens (primary N) is 2. The molecular weight excluding hydrogens is 238 g/mol. The average Bonchev–Trinajstić information content (AvgIpc) is 2.37. The summed E-state index contributed by atoms with van der Waals surface area (Å²) in [6.45, 7) is 0. The molecule has 2 heterocycles. The highest BCUT2D eigenvalue weighted by Gasteiger charge is 2.04. The van der Waals surface area contributed by atoms with E-state index < -0.39 is 0 Å². The van der Waals surface area contributed by atoms with Crippen LogP contribution in [0.2, 0.25) is 0 Å². The van der Waals surface area contributed by atoms with E-state index in [1.807, 2.05) is 36.4 Å².